The van der Waals surface area contributed by atoms with Crippen molar-refractivity contribution in [2.75, 3.05) is 7.11 Å². The van der Waals surface area contributed by atoms with Crippen molar-refractivity contribution in [2.24, 2.45) is 0 Å². The summed E-state index contributed by atoms with van der Waals surface area (Å²) in [5, 5.41) is 0.675. The lowest BCUT2D eigenvalue weighted by Gasteiger charge is -2.11. The van der Waals surface area contributed by atoms with Crippen molar-refractivity contribution in [3.05, 3.63) is 54.1 Å². The molecule has 2 aromatic carbocycles. The van der Waals surface area contributed by atoms with E-state index in [9.17, 15) is 4.79 Å². The molecule has 0 radical (unpaired) electrons. The summed E-state index contributed by atoms with van der Waals surface area (Å²) in [6.45, 7) is 4.84. The summed E-state index contributed by atoms with van der Waals surface area (Å²) in [6.07, 6.45) is 0. The van der Waals surface area contributed by atoms with E-state index in [-0.39, 0.29) is 11.0 Å². The molecule has 5 heteroatoms. The Bertz CT molecular complexity index is 855. The normalized spacial score (nSPS) is 12.3. The highest BCUT2D eigenvalue weighted by Gasteiger charge is 2.20. The molecule has 0 saturated heterocycles. The highest BCUT2D eigenvalue weighted by molar-refractivity contribution is 8.00. The predicted octanol–water partition coefficient (Wildman–Crippen LogP) is 4.43. The minimum absolute atomic E-state index is 0.0948. The number of methoxy groups -OCH3 is 1. The van der Waals surface area contributed by atoms with Crippen LogP contribution in [0.3, 0.4) is 0 Å². The number of carbonyl (C=O) groups excluding carboxylic acids is 1. The van der Waals surface area contributed by atoms with Gasteiger partial charge in [-0.3, -0.25) is 4.79 Å². The van der Waals surface area contributed by atoms with Crippen LogP contribution in [-0.4, -0.2) is 27.7 Å². The molecule has 0 bridgehead atoms. The van der Waals surface area contributed by atoms with Gasteiger partial charge in [0.2, 0.25) is 0 Å². The van der Waals surface area contributed by atoms with Gasteiger partial charge in [-0.05, 0) is 50.2 Å². The van der Waals surface area contributed by atoms with E-state index in [1.807, 2.05) is 37.3 Å². The molecule has 24 heavy (non-hydrogen) atoms. The average molecular weight is 340 g/mol. The number of nitrogens with zero attached hydrogens (tertiary/aromatic N) is 2. The monoisotopic (exact) mass is 340 g/mol. The van der Waals surface area contributed by atoms with Crippen LogP contribution in [-0.2, 0) is 6.54 Å². The number of imidazole rings is 1. The molecule has 0 aliphatic carbocycles. The highest BCUT2D eigenvalue weighted by atomic mass is 32.2. The molecule has 0 aliphatic rings. The number of aryl methyl sites for hydroxylation is 1. The van der Waals surface area contributed by atoms with Crippen molar-refractivity contribution in [1.82, 2.24) is 9.55 Å². The van der Waals surface area contributed by atoms with Crippen LogP contribution < -0.4 is 4.74 Å². The molecule has 0 fully saturated rings. The van der Waals surface area contributed by atoms with E-state index in [1.54, 1.807) is 19.2 Å². The van der Waals surface area contributed by atoms with Gasteiger partial charge >= 0.3 is 0 Å². The number of hydrogen-bond donors (Lipinski definition) is 0. The molecule has 124 valence electrons. The van der Waals surface area contributed by atoms with Crippen LogP contribution in [0.4, 0.5) is 0 Å². The average Bonchev–Trinajstić information content (AvgIpc) is 2.98. The maximum Gasteiger partial charge on any atom is 0.175 e. The van der Waals surface area contributed by atoms with Gasteiger partial charge in [-0.2, -0.15) is 0 Å². The maximum absolute atomic E-state index is 12.7. The van der Waals surface area contributed by atoms with Crippen LogP contribution in [0.2, 0.25) is 0 Å². The number of hydrogen-bond acceptors (Lipinski definition) is 4. The molecule has 4 nitrogen and oxygen atoms in total. The summed E-state index contributed by atoms with van der Waals surface area (Å²) in [6, 6.07) is 15.3. The minimum atomic E-state index is -0.208. The molecule has 0 spiro atoms. The van der Waals surface area contributed by atoms with Gasteiger partial charge in [0.05, 0.1) is 23.4 Å². The Morgan fingerprint density at radius 1 is 1.21 bits per heavy atom. The third kappa shape index (κ3) is 3.17. The van der Waals surface area contributed by atoms with Crippen molar-refractivity contribution < 1.29 is 9.53 Å². The largest absolute Gasteiger partial charge is 0.497 e. The second-order valence-corrected chi connectivity index (χ2v) is 6.79. The summed E-state index contributed by atoms with van der Waals surface area (Å²) >= 11 is 1.50. The Morgan fingerprint density at radius 2 is 1.92 bits per heavy atom. The van der Waals surface area contributed by atoms with Gasteiger partial charge in [0.15, 0.2) is 10.9 Å². The molecule has 1 aromatic heterocycles. The third-order valence-corrected chi connectivity index (χ3v) is 5.05. The first-order valence-electron chi connectivity index (χ1n) is 7.94. The number of aromatic nitrogens is 2. The minimum Gasteiger partial charge on any atom is -0.497 e. The van der Waals surface area contributed by atoms with Gasteiger partial charge in [-0.1, -0.05) is 23.9 Å². The Balaban J connectivity index is 1.83. The van der Waals surface area contributed by atoms with Crippen LogP contribution in [0, 0.1) is 0 Å². The van der Waals surface area contributed by atoms with E-state index >= 15 is 0 Å². The molecule has 0 N–H and O–H groups in total. The van der Waals surface area contributed by atoms with E-state index in [4.69, 9.17) is 4.74 Å². The standard InChI is InChI=1S/C19H20N2O2S/c1-4-21-17-8-6-5-7-16(17)20-19(21)24-13(2)18(22)14-9-11-15(23-3)12-10-14/h5-13H,4H2,1-3H3/t13-/m1/s1. The van der Waals surface area contributed by atoms with E-state index in [0.717, 1.165) is 28.5 Å². The van der Waals surface area contributed by atoms with Gasteiger partial charge < -0.3 is 9.30 Å². The van der Waals surface area contributed by atoms with Gasteiger partial charge in [0.25, 0.3) is 0 Å². The number of ether oxygens (including phenoxy) is 1. The summed E-state index contributed by atoms with van der Waals surface area (Å²) in [4.78, 5) is 17.3. The smallest absolute Gasteiger partial charge is 0.175 e. The van der Waals surface area contributed by atoms with Crippen molar-refractivity contribution in [2.45, 2.75) is 30.8 Å². The zero-order valence-electron chi connectivity index (χ0n) is 14.0. The highest BCUT2D eigenvalue weighted by Crippen LogP contribution is 2.29. The van der Waals surface area contributed by atoms with Gasteiger partial charge in [-0.15, -0.1) is 0 Å². The van der Waals surface area contributed by atoms with Crippen LogP contribution in [0.15, 0.2) is 53.7 Å². The Hall–Kier alpha value is -2.27. The van der Waals surface area contributed by atoms with Crippen LogP contribution in [0.25, 0.3) is 11.0 Å². The molecule has 0 saturated carbocycles. The molecule has 0 amide bonds. The number of carbonyl (C=O) groups is 1. The fourth-order valence-electron chi connectivity index (χ4n) is 2.65. The number of Topliss-reactive ketones (excluding diaryl/α,β-unsaturated/α-hetero) is 1. The number of benzene rings is 2. The summed E-state index contributed by atoms with van der Waals surface area (Å²) < 4.78 is 7.29. The molecule has 1 heterocycles. The first kappa shape index (κ1) is 16.6. The molecule has 1 atom stereocenters. The molecular weight excluding hydrogens is 320 g/mol. The van der Waals surface area contributed by atoms with Crippen molar-refractivity contribution in [1.29, 1.82) is 0 Å². The lowest BCUT2D eigenvalue weighted by Crippen LogP contribution is -2.14. The van der Waals surface area contributed by atoms with E-state index in [1.165, 1.54) is 11.8 Å². The summed E-state index contributed by atoms with van der Waals surface area (Å²) in [5.74, 6) is 0.844. The topological polar surface area (TPSA) is 44.1 Å². The Kier molecular flexibility index (Phi) is 4.90. The second kappa shape index (κ2) is 7.09. The summed E-state index contributed by atoms with van der Waals surface area (Å²) in [7, 11) is 1.62. The van der Waals surface area contributed by atoms with Crippen molar-refractivity contribution >= 4 is 28.6 Å². The van der Waals surface area contributed by atoms with Gasteiger partial charge in [0, 0.05) is 12.1 Å². The number of thioether (sulfide) groups is 1. The third-order valence-electron chi connectivity index (χ3n) is 3.96. The van der Waals surface area contributed by atoms with Crippen LogP contribution in [0.5, 0.6) is 5.75 Å². The maximum atomic E-state index is 12.7. The molecule has 3 aromatic rings. The number of para-hydroxylation sites is 2. The van der Waals surface area contributed by atoms with E-state index in [2.05, 4.69) is 22.5 Å². The van der Waals surface area contributed by atoms with Crippen molar-refractivity contribution in [3.63, 3.8) is 0 Å². The lowest BCUT2D eigenvalue weighted by atomic mass is 10.1. The van der Waals surface area contributed by atoms with Gasteiger partial charge in [-0.25, -0.2) is 4.98 Å². The van der Waals surface area contributed by atoms with Crippen LogP contribution in [0.1, 0.15) is 24.2 Å². The fourth-order valence-corrected chi connectivity index (χ4v) is 3.72. The predicted molar refractivity (Wildman–Crippen MR) is 98.1 cm³/mol. The number of rotatable bonds is 6. The molecule has 0 unspecified atom stereocenters. The molecule has 3 rings (SSSR count). The molecular formula is C19H20N2O2S. The quantitative estimate of drug-likeness (QED) is 0.492. The zero-order chi connectivity index (χ0) is 17.1. The van der Waals surface area contributed by atoms with Crippen LogP contribution >= 0.6 is 11.8 Å². The van der Waals surface area contributed by atoms with E-state index < -0.39 is 0 Å². The zero-order valence-corrected chi connectivity index (χ0v) is 14.8. The first-order chi connectivity index (χ1) is 11.6. The lowest BCUT2D eigenvalue weighted by molar-refractivity contribution is 0.0994. The fraction of sp³-hybridized carbons (Fsp3) is 0.263. The van der Waals surface area contributed by atoms with Crippen molar-refractivity contribution in [3.8, 4) is 5.75 Å². The SMILES string of the molecule is CCn1c(S[C@H](C)C(=O)c2ccc(OC)cc2)nc2ccccc21. The Morgan fingerprint density at radius 3 is 2.58 bits per heavy atom. The molecule has 0 aliphatic heterocycles. The summed E-state index contributed by atoms with van der Waals surface area (Å²) in [5.41, 5.74) is 2.76. The number of ketones is 1. The first-order valence-corrected chi connectivity index (χ1v) is 8.82. The number of fused-ring (bicyclic) bond motifs is 1. The Labute approximate surface area is 145 Å². The van der Waals surface area contributed by atoms with Gasteiger partial charge in [0.1, 0.15) is 5.75 Å². The second-order valence-electron chi connectivity index (χ2n) is 5.48. The van der Waals surface area contributed by atoms with E-state index in [0.29, 0.717) is 5.56 Å².